The van der Waals surface area contributed by atoms with E-state index in [1.807, 2.05) is 76.2 Å². The lowest BCUT2D eigenvalue weighted by Gasteiger charge is -2.45. The van der Waals surface area contributed by atoms with Gasteiger partial charge in [0.1, 0.15) is 6.17 Å². The van der Waals surface area contributed by atoms with Gasteiger partial charge in [0.2, 0.25) is 5.83 Å². The van der Waals surface area contributed by atoms with Gasteiger partial charge in [-0.2, -0.15) is 4.39 Å². The molecule has 0 spiro atoms. The number of hydrogen-bond donors (Lipinski definition) is 1. The van der Waals surface area contributed by atoms with Crippen LogP contribution >= 0.6 is 0 Å². The summed E-state index contributed by atoms with van der Waals surface area (Å²) in [5.41, 5.74) is 0. The zero-order valence-electron chi connectivity index (χ0n) is 35.3. The van der Waals surface area contributed by atoms with Crippen LogP contribution in [0.5, 0.6) is 0 Å². The highest BCUT2D eigenvalue weighted by Crippen LogP contribution is 2.40. The van der Waals surface area contributed by atoms with Crippen LogP contribution in [0.15, 0.2) is 133 Å². The zero-order chi connectivity index (χ0) is 41.7. The molecule has 9 heteroatoms. The summed E-state index contributed by atoms with van der Waals surface area (Å²) in [5, 5.41) is 13.6. The molecular weight excluding hydrogens is 763 g/mol. The maximum atomic E-state index is 14.1. The van der Waals surface area contributed by atoms with Crippen LogP contribution < -0.4 is 20.7 Å². The van der Waals surface area contributed by atoms with E-state index in [2.05, 4.69) is 119 Å². The molecule has 4 aromatic carbocycles. The molecule has 4 aromatic rings. The Morgan fingerprint density at radius 2 is 0.948 bits per heavy atom. The number of esters is 1. The molecule has 0 saturated carbocycles. The molecule has 58 heavy (non-hydrogen) atoms. The van der Waals surface area contributed by atoms with Crippen molar-refractivity contribution in [1.29, 1.82) is 0 Å². The quantitative estimate of drug-likeness (QED) is 0.0734. The van der Waals surface area contributed by atoms with Gasteiger partial charge in [0.25, 0.3) is 16.6 Å². The molecule has 5 nitrogen and oxygen atoms in total. The zero-order valence-corrected chi connectivity index (χ0v) is 37.3. The van der Waals surface area contributed by atoms with Crippen molar-refractivity contribution in [2.45, 2.75) is 119 Å². The maximum absolute atomic E-state index is 14.1. The van der Waals surface area contributed by atoms with E-state index < -0.39 is 41.2 Å². The van der Waals surface area contributed by atoms with Crippen LogP contribution in [0, 0.1) is 11.8 Å². The number of aliphatic hydroxyl groups is 1. The SMILES string of the molecule is C.C.COC(=O)/C(F)=C\[C@@H](C)[C@H](C)O[Si](c1ccccc1)(c1ccccc1)C(C)(C)C.C[C@H](CC(F)CO)[C@H](C)O[Si](c1ccccc1)(c1ccccc1)C(C)(C)C. The molecule has 0 amide bonds. The monoisotopic (exact) mass is 834 g/mol. The molecule has 0 aliphatic rings. The van der Waals surface area contributed by atoms with E-state index in [0.29, 0.717) is 6.42 Å². The predicted octanol–water partition coefficient (Wildman–Crippen LogP) is 10.2. The van der Waals surface area contributed by atoms with Crippen LogP contribution in [0.25, 0.3) is 0 Å². The van der Waals surface area contributed by atoms with Gasteiger partial charge in [0.05, 0.1) is 13.7 Å². The van der Waals surface area contributed by atoms with Gasteiger partial charge >= 0.3 is 5.97 Å². The Kier molecular flexibility index (Phi) is 20.9. The number of aliphatic hydroxyl groups excluding tert-OH is 1. The molecule has 1 N–H and O–H groups in total. The first-order valence-electron chi connectivity index (χ1n) is 19.6. The topological polar surface area (TPSA) is 65.0 Å². The third kappa shape index (κ3) is 12.6. The Morgan fingerprint density at radius 3 is 1.22 bits per heavy atom. The molecule has 0 aliphatic heterocycles. The molecule has 5 atom stereocenters. The van der Waals surface area contributed by atoms with Crippen LogP contribution in [0.2, 0.25) is 10.1 Å². The Labute approximate surface area is 352 Å². The number of alkyl halides is 1. The van der Waals surface area contributed by atoms with Crippen molar-refractivity contribution in [2.75, 3.05) is 13.7 Å². The van der Waals surface area contributed by atoms with Gasteiger partial charge in [-0.1, -0.05) is 192 Å². The summed E-state index contributed by atoms with van der Waals surface area (Å²) >= 11 is 0. The molecule has 0 fully saturated rings. The predicted molar refractivity (Wildman–Crippen MR) is 246 cm³/mol. The van der Waals surface area contributed by atoms with Gasteiger partial charge in [-0.15, -0.1) is 0 Å². The van der Waals surface area contributed by atoms with Crippen molar-refractivity contribution in [2.24, 2.45) is 11.8 Å². The minimum atomic E-state index is -2.73. The van der Waals surface area contributed by atoms with Crippen molar-refractivity contribution in [1.82, 2.24) is 0 Å². The minimum Gasteiger partial charge on any atom is -0.464 e. The highest BCUT2D eigenvalue weighted by molar-refractivity contribution is 7.00. The van der Waals surface area contributed by atoms with Crippen LogP contribution in [0.3, 0.4) is 0 Å². The third-order valence-corrected chi connectivity index (χ3v) is 21.0. The number of rotatable bonds is 15. The van der Waals surface area contributed by atoms with Crippen LogP contribution in [0.1, 0.15) is 90.5 Å². The standard InChI is InChI=1S/C24H31FO3Si.C23H33FO2Si.2CH4/c1-18(17-22(25)23(26)27-6)19(2)28-29(24(3,4)5,20-13-9-7-10-14-20)21-15-11-8-12-16-21;1-18(16-20(24)17-25)19(2)26-27(23(3,4)5,21-12-8-6-9-13-21)22-14-10-7-11-15-22;;/h7-19H,1-6H3;6-15,18-20,25H,16-17H2,1-5H3;2*1H4/b22-17+;;;/t18-,19+;18-,19+,20?;;/m11../s1. The Hall–Kier alpha value is -3.74. The van der Waals surface area contributed by atoms with Gasteiger partial charge in [-0.25, -0.2) is 9.18 Å². The van der Waals surface area contributed by atoms with E-state index in [-0.39, 0.29) is 49.0 Å². The lowest BCUT2D eigenvalue weighted by molar-refractivity contribution is -0.137. The number of halogens is 2. The maximum Gasteiger partial charge on any atom is 0.366 e. The molecule has 0 aromatic heterocycles. The number of hydrogen-bond acceptors (Lipinski definition) is 5. The summed E-state index contributed by atoms with van der Waals surface area (Å²) in [6, 6.07) is 41.5. The van der Waals surface area contributed by atoms with Gasteiger partial charge in [0.15, 0.2) is 0 Å². The number of ether oxygens (including phenoxy) is 1. The van der Waals surface area contributed by atoms with Crippen molar-refractivity contribution < 1.29 is 32.3 Å². The van der Waals surface area contributed by atoms with Gasteiger partial charge in [0, 0.05) is 18.1 Å². The van der Waals surface area contributed by atoms with Crippen molar-refractivity contribution >= 4 is 43.4 Å². The van der Waals surface area contributed by atoms with E-state index >= 15 is 0 Å². The summed E-state index contributed by atoms with van der Waals surface area (Å²) in [5.74, 6) is -2.16. The molecule has 4 rings (SSSR count). The lowest BCUT2D eigenvalue weighted by atomic mass is 10.00. The number of benzene rings is 4. The highest BCUT2D eigenvalue weighted by atomic mass is 28.4. The first-order valence-corrected chi connectivity index (χ1v) is 23.5. The molecule has 320 valence electrons. The van der Waals surface area contributed by atoms with Crippen molar-refractivity contribution in [3.63, 3.8) is 0 Å². The average Bonchev–Trinajstić information content (AvgIpc) is 3.18. The van der Waals surface area contributed by atoms with Crippen LogP contribution in [-0.2, 0) is 18.4 Å². The van der Waals surface area contributed by atoms with Gasteiger partial charge in [-0.3, -0.25) is 0 Å². The molecule has 0 bridgehead atoms. The second-order valence-corrected chi connectivity index (χ2v) is 25.3. The Balaban J connectivity index is 0.000000562. The summed E-state index contributed by atoms with van der Waals surface area (Å²) < 4.78 is 46.2. The van der Waals surface area contributed by atoms with E-state index in [0.717, 1.165) is 10.4 Å². The fourth-order valence-corrected chi connectivity index (χ4v) is 17.0. The first-order chi connectivity index (χ1) is 26.3. The second kappa shape index (κ2) is 23.2. The molecule has 0 saturated heterocycles. The number of methoxy groups -OCH3 is 1. The molecular formula is C49H72F2O5Si2. The normalized spacial score (nSPS) is 14.9. The Bertz CT molecular complexity index is 1700. The van der Waals surface area contributed by atoms with Crippen molar-refractivity contribution in [3.8, 4) is 0 Å². The minimum absolute atomic E-state index is 0. The van der Waals surface area contributed by atoms with E-state index in [9.17, 15) is 13.6 Å². The molecule has 0 radical (unpaired) electrons. The fraction of sp³-hybridized carbons (Fsp3) is 0.449. The summed E-state index contributed by atoms with van der Waals surface area (Å²) in [7, 11) is -4.18. The number of carbonyl (C=O) groups is 1. The molecule has 1 unspecified atom stereocenters. The molecule has 0 heterocycles. The third-order valence-electron chi connectivity index (χ3n) is 10.7. The van der Waals surface area contributed by atoms with Crippen molar-refractivity contribution in [3.05, 3.63) is 133 Å². The lowest BCUT2D eigenvalue weighted by Crippen LogP contribution is -2.67. The summed E-state index contributed by atoms with van der Waals surface area (Å²) in [4.78, 5) is 11.5. The van der Waals surface area contributed by atoms with E-state index in [1.54, 1.807) is 0 Å². The highest BCUT2D eigenvalue weighted by Gasteiger charge is 2.52. The first kappa shape index (κ1) is 52.3. The van der Waals surface area contributed by atoms with Gasteiger partial charge in [-0.05, 0) is 63.1 Å². The summed E-state index contributed by atoms with van der Waals surface area (Å²) in [6.07, 6.45) is -0.0486. The Morgan fingerprint density at radius 1 is 0.638 bits per heavy atom. The summed E-state index contributed by atoms with van der Waals surface area (Å²) in [6.45, 7) is 20.7. The van der Waals surface area contributed by atoms with Crippen LogP contribution in [0.4, 0.5) is 8.78 Å². The van der Waals surface area contributed by atoms with E-state index in [4.69, 9.17) is 14.0 Å². The van der Waals surface area contributed by atoms with E-state index in [1.165, 1.54) is 23.6 Å². The van der Waals surface area contributed by atoms with Gasteiger partial charge < -0.3 is 18.7 Å². The average molecular weight is 835 g/mol. The largest absolute Gasteiger partial charge is 0.464 e. The van der Waals surface area contributed by atoms with Crippen LogP contribution in [-0.4, -0.2) is 59.8 Å². The smallest absolute Gasteiger partial charge is 0.366 e. The fourth-order valence-electron chi connectivity index (χ4n) is 7.37. The second-order valence-electron chi connectivity index (χ2n) is 16.8. The molecule has 0 aliphatic carbocycles. The number of carbonyl (C=O) groups excluding carboxylic acids is 1.